The Hall–Kier alpha value is -2.35. The first-order valence-electron chi connectivity index (χ1n) is 6.30. The zero-order valence-electron chi connectivity index (χ0n) is 11.7. The molecule has 7 nitrogen and oxygen atoms in total. The van der Waals surface area contributed by atoms with E-state index in [0.29, 0.717) is 6.54 Å². The van der Waals surface area contributed by atoms with Crippen LogP contribution in [-0.2, 0) is 16.6 Å². The van der Waals surface area contributed by atoms with Crippen LogP contribution >= 0.6 is 0 Å². The Morgan fingerprint density at radius 2 is 1.95 bits per heavy atom. The van der Waals surface area contributed by atoms with E-state index in [1.54, 1.807) is 12.1 Å². The van der Waals surface area contributed by atoms with E-state index in [-0.39, 0.29) is 16.3 Å². The maximum absolute atomic E-state index is 12.3. The Morgan fingerprint density at radius 3 is 2.48 bits per heavy atom. The summed E-state index contributed by atoms with van der Waals surface area (Å²) < 4.78 is 28.4. The van der Waals surface area contributed by atoms with Gasteiger partial charge in [-0.1, -0.05) is 17.7 Å². The monoisotopic (exact) mass is 308 g/mol. The van der Waals surface area contributed by atoms with Crippen molar-refractivity contribution in [3.63, 3.8) is 0 Å². The van der Waals surface area contributed by atoms with E-state index in [1.165, 1.54) is 23.0 Å². The number of aryl methyl sites for hydroxylation is 2. The summed E-state index contributed by atoms with van der Waals surface area (Å²) in [5.74, 6) is -0.788. The number of aromatic nitrogens is 2. The van der Waals surface area contributed by atoms with Crippen LogP contribution in [0.2, 0.25) is 0 Å². The molecule has 1 aromatic heterocycles. The topological polar surface area (TPSA) is 107 Å². The van der Waals surface area contributed by atoms with Crippen molar-refractivity contribution >= 4 is 21.6 Å². The fourth-order valence-corrected chi connectivity index (χ4v) is 2.81. The van der Waals surface area contributed by atoms with Crippen molar-refractivity contribution in [1.29, 1.82) is 0 Å². The van der Waals surface area contributed by atoms with E-state index in [2.05, 4.69) is 9.82 Å². The van der Waals surface area contributed by atoms with Gasteiger partial charge in [0, 0.05) is 12.7 Å². The summed E-state index contributed by atoms with van der Waals surface area (Å²) >= 11 is 0. The SMILES string of the molecule is CCn1cc(NS(=O)(=O)c2ccc(C)cc2)c(C(N)=O)n1. The van der Waals surface area contributed by atoms with Gasteiger partial charge < -0.3 is 5.73 Å². The van der Waals surface area contributed by atoms with Crippen molar-refractivity contribution in [3.05, 3.63) is 41.7 Å². The zero-order valence-corrected chi connectivity index (χ0v) is 12.5. The predicted octanol–water partition coefficient (Wildman–Crippen LogP) is 1.11. The lowest BCUT2D eigenvalue weighted by Crippen LogP contribution is -2.18. The molecule has 0 fully saturated rings. The van der Waals surface area contributed by atoms with Gasteiger partial charge in [-0.3, -0.25) is 14.2 Å². The molecule has 0 aliphatic carbocycles. The van der Waals surface area contributed by atoms with Gasteiger partial charge >= 0.3 is 0 Å². The molecule has 1 amide bonds. The van der Waals surface area contributed by atoms with Crippen molar-refractivity contribution < 1.29 is 13.2 Å². The summed E-state index contributed by atoms with van der Waals surface area (Å²) in [4.78, 5) is 11.4. The second-order valence-corrected chi connectivity index (χ2v) is 6.21. The van der Waals surface area contributed by atoms with Gasteiger partial charge in [-0.05, 0) is 26.0 Å². The van der Waals surface area contributed by atoms with Gasteiger partial charge in [0.05, 0.1) is 10.6 Å². The van der Waals surface area contributed by atoms with Crippen molar-refractivity contribution in [1.82, 2.24) is 9.78 Å². The third-order valence-corrected chi connectivity index (χ3v) is 4.28. The second kappa shape index (κ2) is 5.57. The Kier molecular flexibility index (Phi) is 3.99. The van der Waals surface area contributed by atoms with Crippen LogP contribution in [0.4, 0.5) is 5.69 Å². The normalized spacial score (nSPS) is 11.3. The quantitative estimate of drug-likeness (QED) is 0.862. The van der Waals surface area contributed by atoms with E-state index >= 15 is 0 Å². The number of sulfonamides is 1. The molecule has 0 aliphatic rings. The number of anilines is 1. The van der Waals surface area contributed by atoms with Gasteiger partial charge in [0.1, 0.15) is 0 Å². The third kappa shape index (κ3) is 3.22. The number of hydrogen-bond acceptors (Lipinski definition) is 4. The molecular formula is C13H16N4O3S. The Balaban J connectivity index is 2.38. The van der Waals surface area contributed by atoms with Crippen LogP contribution in [0.1, 0.15) is 23.0 Å². The smallest absolute Gasteiger partial charge is 0.271 e. The number of primary amides is 1. The molecule has 8 heteroatoms. The van der Waals surface area contributed by atoms with Crippen molar-refractivity contribution in [2.24, 2.45) is 5.73 Å². The fraction of sp³-hybridized carbons (Fsp3) is 0.231. The maximum atomic E-state index is 12.3. The van der Waals surface area contributed by atoms with E-state index in [9.17, 15) is 13.2 Å². The van der Waals surface area contributed by atoms with Crippen LogP contribution in [-0.4, -0.2) is 24.1 Å². The highest BCUT2D eigenvalue weighted by atomic mass is 32.2. The predicted molar refractivity (Wildman–Crippen MR) is 78.4 cm³/mol. The zero-order chi connectivity index (χ0) is 15.6. The molecule has 0 saturated heterocycles. The first-order chi connectivity index (χ1) is 9.83. The Morgan fingerprint density at radius 1 is 1.33 bits per heavy atom. The minimum Gasteiger partial charge on any atom is -0.364 e. The van der Waals surface area contributed by atoms with Gasteiger partial charge in [0.2, 0.25) is 0 Å². The van der Waals surface area contributed by atoms with Gasteiger partial charge in [0.15, 0.2) is 5.69 Å². The van der Waals surface area contributed by atoms with Crippen LogP contribution in [0.15, 0.2) is 35.4 Å². The molecule has 3 N–H and O–H groups in total. The van der Waals surface area contributed by atoms with Crippen LogP contribution in [0.25, 0.3) is 0 Å². The molecule has 1 aromatic carbocycles. The number of nitrogens with zero attached hydrogens (tertiary/aromatic N) is 2. The third-order valence-electron chi connectivity index (χ3n) is 2.89. The molecule has 0 atom stereocenters. The summed E-state index contributed by atoms with van der Waals surface area (Å²) in [5.41, 5.74) is 6.13. The van der Waals surface area contributed by atoms with E-state index in [1.807, 2.05) is 13.8 Å². The number of hydrogen-bond donors (Lipinski definition) is 2. The second-order valence-electron chi connectivity index (χ2n) is 4.53. The van der Waals surface area contributed by atoms with Gasteiger partial charge in [-0.25, -0.2) is 8.42 Å². The van der Waals surface area contributed by atoms with Crippen LogP contribution in [0.5, 0.6) is 0 Å². The van der Waals surface area contributed by atoms with Crippen molar-refractivity contribution in [2.75, 3.05) is 4.72 Å². The molecule has 21 heavy (non-hydrogen) atoms. The molecule has 0 bridgehead atoms. The van der Waals surface area contributed by atoms with Crippen LogP contribution in [0.3, 0.4) is 0 Å². The molecule has 1 heterocycles. The van der Waals surface area contributed by atoms with E-state index < -0.39 is 15.9 Å². The molecular weight excluding hydrogens is 292 g/mol. The molecule has 0 unspecified atom stereocenters. The van der Waals surface area contributed by atoms with Gasteiger partial charge in [-0.2, -0.15) is 5.10 Å². The average Bonchev–Trinajstić information content (AvgIpc) is 2.81. The van der Waals surface area contributed by atoms with Gasteiger partial charge in [0.25, 0.3) is 15.9 Å². The lowest BCUT2D eigenvalue weighted by Gasteiger charge is -2.07. The van der Waals surface area contributed by atoms with Crippen LogP contribution < -0.4 is 10.5 Å². The standard InChI is InChI=1S/C13H16N4O3S/c1-3-17-8-11(12(15-17)13(14)18)16-21(19,20)10-6-4-9(2)5-7-10/h4-8,16H,3H2,1-2H3,(H2,14,18). The molecule has 0 radical (unpaired) electrons. The minimum atomic E-state index is -3.79. The number of nitrogens with two attached hydrogens (primary N) is 1. The number of carbonyl (C=O) groups excluding carboxylic acids is 1. The Labute approximate surface area is 122 Å². The summed E-state index contributed by atoms with van der Waals surface area (Å²) in [6.45, 7) is 4.17. The molecule has 2 aromatic rings. The first-order valence-corrected chi connectivity index (χ1v) is 7.78. The highest BCUT2D eigenvalue weighted by Crippen LogP contribution is 2.19. The fourth-order valence-electron chi connectivity index (χ4n) is 1.76. The lowest BCUT2D eigenvalue weighted by molar-refractivity contribution is 0.0995. The number of nitrogens with one attached hydrogen (secondary N) is 1. The molecule has 0 saturated carbocycles. The van der Waals surface area contributed by atoms with Crippen molar-refractivity contribution in [2.45, 2.75) is 25.3 Å². The molecule has 0 spiro atoms. The summed E-state index contributed by atoms with van der Waals surface area (Å²) in [6.07, 6.45) is 1.44. The summed E-state index contributed by atoms with van der Waals surface area (Å²) in [6, 6.07) is 6.37. The number of rotatable bonds is 5. The first kappa shape index (κ1) is 15.0. The Bertz CT molecular complexity index is 763. The lowest BCUT2D eigenvalue weighted by atomic mass is 10.2. The molecule has 2 rings (SSSR count). The minimum absolute atomic E-state index is 0.0740. The summed E-state index contributed by atoms with van der Waals surface area (Å²) in [5, 5.41) is 3.94. The van der Waals surface area contributed by atoms with E-state index in [0.717, 1.165) is 5.56 Å². The maximum Gasteiger partial charge on any atom is 0.271 e. The van der Waals surface area contributed by atoms with Gasteiger partial charge in [-0.15, -0.1) is 0 Å². The highest BCUT2D eigenvalue weighted by molar-refractivity contribution is 7.92. The van der Waals surface area contributed by atoms with Crippen molar-refractivity contribution in [3.8, 4) is 0 Å². The molecule has 112 valence electrons. The number of amides is 1. The largest absolute Gasteiger partial charge is 0.364 e. The highest BCUT2D eigenvalue weighted by Gasteiger charge is 2.20. The average molecular weight is 308 g/mol. The number of carbonyl (C=O) groups is 1. The molecule has 0 aliphatic heterocycles. The number of benzene rings is 1. The van der Waals surface area contributed by atoms with Crippen LogP contribution in [0, 0.1) is 6.92 Å². The summed E-state index contributed by atoms with van der Waals surface area (Å²) in [7, 11) is -3.79. The van der Waals surface area contributed by atoms with E-state index in [4.69, 9.17) is 5.73 Å².